The van der Waals surface area contributed by atoms with E-state index in [1.807, 2.05) is 0 Å². The summed E-state index contributed by atoms with van der Waals surface area (Å²) in [5.74, 6) is 3.76. The molecule has 0 aliphatic rings. The molecule has 1 atom stereocenters. The van der Waals surface area contributed by atoms with Gasteiger partial charge in [0.25, 0.3) is 0 Å². The van der Waals surface area contributed by atoms with Gasteiger partial charge in [-0.2, -0.15) is 0 Å². The maximum Gasteiger partial charge on any atom is 0.163 e. The van der Waals surface area contributed by atoms with Gasteiger partial charge in [-0.05, 0) is 36.8 Å². The highest BCUT2D eigenvalue weighted by atomic mass is 32.2. The highest BCUT2D eigenvalue weighted by Crippen LogP contribution is 2.27. The van der Waals surface area contributed by atoms with Crippen molar-refractivity contribution in [3.05, 3.63) is 65.0 Å². The lowest BCUT2D eigenvalue weighted by molar-refractivity contribution is 0.474. The Bertz CT molecular complexity index is 617. The lowest BCUT2D eigenvalue weighted by Crippen LogP contribution is -2.30. The van der Waals surface area contributed by atoms with Crippen molar-refractivity contribution in [2.75, 3.05) is 5.75 Å². The van der Waals surface area contributed by atoms with Crippen LogP contribution >= 0.6 is 11.8 Å². The normalized spacial score (nSPS) is 12.4. The fourth-order valence-electron chi connectivity index (χ4n) is 1.87. The van der Waals surface area contributed by atoms with Gasteiger partial charge in [0, 0.05) is 16.2 Å². The topological polar surface area (TPSA) is 38.0 Å². The van der Waals surface area contributed by atoms with Gasteiger partial charge in [-0.3, -0.25) is 11.3 Å². The Kier molecular flexibility index (Phi) is 5.27. The lowest BCUT2D eigenvalue weighted by atomic mass is 10.1. The van der Waals surface area contributed by atoms with E-state index in [1.165, 1.54) is 43.0 Å². The first-order valence-corrected chi connectivity index (χ1v) is 7.30. The van der Waals surface area contributed by atoms with Crippen molar-refractivity contribution in [1.29, 1.82) is 0 Å². The molecule has 0 fully saturated rings. The van der Waals surface area contributed by atoms with Crippen LogP contribution in [0.4, 0.5) is 13.2 Å². The summed E-state index contributed by atoms with van der Waals surface area (Å²) in [6.07, 6.45) is 0. The first-order chi connectivity index (χ1) is 10.0. The highest BCUT2D eigenvalue weighted by Gasteiger charge is 2.19. The minimum absolute atomic E-state index is 0.176. The molecule has 2 aromatic carbocycles. The maximum absolute atomic E-state index is 13.9. The molecule has 0 saturated heterocycles. The minimum Gasteiger partial charge on any atom is -0.271 e. The Morgan fingerprint density at radius 3 is 2.33 bits per heavy atom. The van der Waals surface area contributed by atoms with Crippen molar-refractivity contribution >= 4 is 11.8 Å². The van der Waals surface area contributed by atoms with E-state index < -0.39 is 17.7 Å². The van der Waals surface area contributed by atoms with Gasteiger partial charge in [0.05, 0.1) is 6.04 Å². The third kappa shape index (κ3) is 3.78. The Labute approximate surface area is 125 Å². The summed E-state index contributed by atoms with van der Waals surface area (Å²) in [5, 5.41) is 0. The van der Waals surface area contributed by atoms with Crippen molar-refractivity contribution < 1.29 is 13.2 Å². The Balaban J connectivity index is 2.13. The Morgan fingerprint density at radius 2 is 1.71 bits per heavy atom. The van der Waals surface area contributed by atoms with Crippen LogP contribution in [-0.2, 0) is 0 Å². The number of thioether (sulfide) groups is 1. The van der Waals surface area contributed by atoms with Crippen molar-refractivity contribution in [1.82, 2.24) is 5.43 Å². The molecule has 0 saturated carbocycles. The average Bonchev–Trinajstić information content (AvgIpc) is 2.49. The van der Waals surface area contributed by atoms with Crippen LogP contribution < -0.4 is 11.3 Å². The summed E-state index contributed by atoms with van der Waals surface area (Å²) in [6.45, 7) is 1.50. The number of hydrazine groups is 1. The fraction of sp³-hybridized carbons (Fsp3) is 0.200. The second kappa shape index (κ2) is 6.98. The van der Waals surface area contributed by atoms with Gasteiger partial charge < -0.3 is 0 Å². The van der Waals surface area contributed by atoms with Crippen LogP contribution in [0.3, 0.4) is 0 Å². The minimum atomic E-state index is -0.891. The number of hydrogen-bond acceptors (Lipinski definition) is 3. The van der Waals surface area contributed by atoms with Gasteiger partial charge in [0.15, 0.2) is 11.6 Å². The molecule has 0 aliphatic carbocycles. The molecule has 0 aromatic heterocycles. The van der Waals surface area contributed by atoms with Crippen molar-refractivity contribution in [3.8, 4) is 0 Å². The fourth-order valence-corrected chi connectivity index (χ4v) is 2.83. The molecule has 6 heteroatoms. The zero-order valence-electron chi connectivity index (χ0n) is 11.4. The van der Waals surface area contributed by atoms with Crippen LogP contribution in [0, 0.1) is 24.4 Å². The van der Waals surface area contributed by atoms with Gasteiger partial charge in [0.2, 0.25) is 0 Å². The third-order valence-electron chi connectivity index (χ3n) is 3.11. The van der Waals surface area contributed by atoms with Crippen molar-refractivity contribution in [2.45, 2.75) is 17.9 Å². The molecule has 2 aromatic rings. The molecule has 1 unspecified atom stereocenters. The lowest BCUT2D eigenvalue weighted by Gasteiger charge is -2.17. The van der Waals surface area contributed by atoms with Gasteiger partial charge >= 0.3 is 0 Å². The van der Waals surface area contributed by atoms with Crippen molar-refractivity contribution in [2.24, 2.45) is 5.84 Å². The smallest absolute Gasteiger partial charge is 0.163 e. The SMILES string of the molecule is Cc1ccc(C(CSc2ccc(F)cc2)NN)c(F)c1F. The molecular formula is C15H15F3N2S. The quantitative estimate of drug-likeness (QED) is 0.502. The van der Waals surface area contributed by atoms with Crippen LogP contribution in [0.25, 0.3) is 0 Å². The van der Waals surface area contributed by atoms with Crippen LogP contribution in [-0.4, -0.2) is 5.75 Å². The number of halogens is 3. The number of nitrogens with one attached hydrogen (secondary N) is 1. The highest BCUT2D eigenvalue weighted by molar-refractivity contribution is 7.99. The summed E-state index contributed by atoms with van der Waals surface area (Å²) < 4.78 is 40.4. The van der Waals surface area contributed by atoms with E-state index in [9.17, 15) is 13.2 Å². The van der Waals surface area contributed by atoms with E-state index >= 15 is 0 Å². The Hall–Kier alpha value is -1.50. The summed E-state index contributed by atoms with van der Waals surface area (Å²) >= 11 is 1.38. The molecule has 0 aliphatic heterocycles. The second-order valence-corrected chi connectivity index (χ2v) is 5.68. The molecule has 0 radical (unpaired) electrons. The van der Waals surface area contributed by atoms with Crippen LogP contribution in [0.1, 0.15) is 17.2 Å². The maximum atomic E-state index is 13.9. The molecule has 0 heterocycles. The van der Waals surface area contributed by atoms with Gasteiger partial charge in [-0.15, -0.1) is 11.8 Å². The van der Waals surface area contributed by atoms with E-state index in [4.69, 9.17) is 5.84 Å². The third-order valence-corrected chi connectivity index (χ3v) is 4.22. The van der Waals surface area contributed by atoms with E-state index in [0.29, 0.717) is 5.75 Å². The van der Waals surface area contributed by atoms with Gasteiger partial charge in [-0.25, -0.2) is 13.2 Å². The predicted octanol–water partition coefficient (Wildman–Crippen LogP) is 3.71. The van der Waals surface area contributed by atoms with Gasteiger partial charge in [0.1, 0.15) is 5.82 Å². The second-order valence-electron chi connectivity index (χ2n) is 4.58. The van der Waals surface area contributed by atoms with E-state index in [0.717, 1.165) is 4.90 Å². The number of rotatable bonds is 5. The summed E-state index contributed by atoms with van der Waals surface area (Å²) in [7, 11) is 0. The molecule has 2 nitrogen and oxygen atoms in total. The number of benzene rings is 2. The molecule has 21 heavy (non-hydrogen) atoms. The first kappa shape index (κ1) is 15.9. The summed E-state index contributed by atoms with van der Waals surface area (Å²) in [4.78, 5) is 0.824. The zero-order chi connectivity index (χ0) is 15.4. The number of aryl methyl sites for hydroxylation is 1. The monoisotopic (exact) mass is 312 g/mol. The molecular weight excluding hydrogens is 297 g/mol. The van der Waals surface area contributed by atoms with E-state index in [1.54, 1.807) is 12.1 Å². The molecule has 112 valence electrons. The molecule has 2 rings (SSSR count). The van der Waals surface area contributed by atoms with E-state index in [2.05, 4.69) is 5.43 Å². The van der Waals surface area contributed by atoms with Crippen molar-refractivity contribution in [3.63, 3.8) is 0 Å². The zero-order valence-corrected chi connectivity index (χ0v) is 12.2. The summed E-state index contributed by atoms with van der Waals surface area (Å²) in [5.41, 5.74) is 2.91. The standard InChI is InChI=1S/C15H15F3N2S/c1-9-2-7-12(15(18)14(9)17)13(20-19)8-21-11-5-3-10(16)4-6-11/h2-7,13,20H,8,19H2,1H3. The van der Waals surface area contributed by atoms with E-state index in [-0.39, 0.29) is 16.9 Å². The average molecular weight is 312 g/mol. The van der Waals surface area contributed by atoms with Gasteiger partial charge in [-0.1, -0.05) is 12.1 Å². The first-order valence-electron chi connectivity index (χ1n) is 6.32. The molecule has 0 amide bonds. The molecule has 0 bridgehead atoms. The van der Waals surface area contributed by atoms with Crippen LogP contribution in [0.2, 0.25) is 0 Å². The largest absolute Gasteiger partial charge is 0.271 e. The summed E-state index contributed by atoms with van der Waals surface area (Å²) in [6, 6.07) is 8.43. The van der Waals surface area contributed by atoms with Crippen LogP contribution in [0.15, 0.2) is 41.3 Å². The predicted molar refractivity (Wildman–Crippen MR) is 78.3 cm³/mol. The number of nitrogens with two attached hydrogens (primary N) is 1. The Morgan fingerprint density at radius 1 is 1.05 bits per heavy atom. The molecule has 0 spiro atoms. The molecule has 3 N–H and O–H groups in total. The number of hydrogen-bond donors (Lipinski definition) is 2. The van der Waals surface area contributed by atoms with Crippen LogP contribution in [0.5, 0.6) is 0 Å².